The highest BCUT2D eigenvalue weighted by Crippen LogP contribution is 2.32. The number of ether oxygens (including phenoxy) is 2. The van der Waals surface area contributed by atoms with Crippen LogP contribution in [0.5, 0.6) is 11.5 Å². The van der Waals surface area contributed by atoms with E-state index >= 15 is 0 Å². The van der Waals surface area contributed by atoms with Crippen LogP contribution in [0, 0.1) is 0 Å². The lowest BCUT2D eigenvalue weighted by Gasteiger charge is -2.16. The summed E-state index contributed by atoms with van der Waals surface area (Å²) < 4.78 is 10.6. The first-order chi connectivity index (χ1) is 7.13. The highest BCUT2D eigenvalue weighted by molar-refractivity contribution is 5.47. The van der Waals surface area contributed by atoms with Crippen LogP contribution in [0.4, 0.5) is 0 Å². The van der Waals surface area contributed by atoms with E-state index in [1.165, 1.54) is 0 Å². The van der Waals surface area contributed by atoms with Gasteiger partial charge in [-0.1, -0.05) is 6.92 Å². The molecule has 1 aromatic carbocycles. The summed E-state index contributed by atoms with van der Waals surface area (Å²) in [7, 11) is 3.33. The third kappa shape index (κ3) is 2.42. The Morgan fingerprint density at radius 1 is 1.20 bits per heavy atom. The maximum atomic E-state index is 5.87. The molecule has 1 unspecified atom stereocenters. The quantitative estimate of drug-likeness (QED) is 0.827. The van der Waals surface area contributed by atoms with Crippen LogP contribution in [0.25, 0.3) is 0 Å². The minimum absolute atomic E-state index is 0.0558. The molecule has 15 heavy (non-hydrogen) atoms. The first-order valence-electron chi connectivity index (χ1n) is 5.14. The molecule has 0 heterocycles. The maximum Gasteiger partial charge on any atom is 0.124 e. The second-order valence-electron chi connectivity index (χ2n) is 3.55. The van der Waals surface area contributed by atoms with Crippen molar-refractivity contribution in [1.29, 1.82) is 0 Å². The maximum absolute atomic E-state index is 5.87. The van der Waals surface area contributed by atoms with E-state index in [2.05, 4.69) is 6.92 Å². The van der Waals surface area contributed by atoms with E-state index in [1.807, 2.05) is 19.1 Å². The molecule has 0 saturated carbocycles. The molecule has 0 spiro atoms. The summed E-state index contributed by atoms with van der Waals surface area (Å²) in [5.74, 6) is 1.72. The van der Waals surface area contributed by atoms with E-state index in [0.717, 1.165) is 29.0 Å². The van der Waals surface area contributed by atoms with Crippen LogP contribution in [0.3, 0.4) is 0 Å². The van der Waals surface area contributed by atoms with Crippen LogP contribution < -0.4 is 15.2 Å². The Bertz CT molecular complexity index is 335. The van der Waals surface area contributed by atoms with Crippen LogP contribution >= 0.6 is 0 Å². The van der Waals surface area contributed by atoms with Gasteiger partial charge in [-0.25, -0.2) is 0 Å². The second kappa shape index (κ2) is 5.03. The minimum Gasteiger partial charge on any atom is -0.496 e. The zero-order valence-corrected chi connectivity index (χ0v) is 9.83. The summed E-state index contributed by atoms with van der Waals surface area (Å²) in [6.07, 6.45) is 0.915. The zero-order valence-electron chi connectivity index (χ0n) is 9.83. The predicted octanol–water partition coefficient (Wildman–Crippen LogP) is 2.29. The van der Waals surface area contributed by atoms with Crippen molar-refractivity contribution in [2.75, 3.05) is 14.2 Å². The number of hydrogen-bond donors (Lipinski definition) is 1. The molecular weight excluding hydrogens is 190 g/mol. The summed E-state index contributed by atoms with van der Waals surface area (Å²) in [5, 5.41) is 0. The third-order valence-electron chi connectivity index (χ3n) is 2.50. The summed E-state index contributed by atoms with van der Waals surface area (Å²) in [5.41, 5.74) is 7.99. The van der Waals surface area contributed by atoms with Crippen LogP contribution in [-0.4, -0.2) is 14.2 Å². The first-order valence-corrected chi connectivity index (χ1v) is 5.14. The highest BCUT2D eigenvalue weighted by Gasteiger charge is 2.12. The van der Waals surface area contributed by atoms with Gasteiger partial charge in [0.15, 0.2) is 0 Å². The Labute approximate surface area is 91.2 Å². The van der Waals surface area contributed by atoms with Crippen molar-refractivity contribution in [1.82, 2.24) is 0 Å². The van der Waals surface area contributed by atoms with Crippen LogP contribution in [0.15, 0.2) is 12.1 Å². The lowest BCUT2D eigenvalue weighted by Crippen LogP contribution is -2.08. The van der Waals surface area contributed by atoms with Gasteiger partial charge in [0.05, 0.1) is 14.2 Å². The van der Waals surface area contributed by atoms with Crippen molar-refractivity contribution in [3.8, 4) is 11.5 Å². The van der Waals surface area contributed by atoms with E-state index < -0.39 is 0 Å². The molecule has 0 aliphatic heterocycles. The van der Waals surface area contributed by atoms with Gasteiger partial charge in [0, 0.05) is 11.6 Å². The molecule has 0 aromatic heterocycles. The van der Waals surface area contributed by atoms with Gasteiger partial charge < -0.3 is 15.2 Å². The number of aryl methyl sites for hydroxylation is 1. The van der Waals surface area contributed by atoms with E-state index in [0.29, 0.717) is 0 Å². The van der Waals surface area contributed by atoms with Crippen molar-refractivity contribution < 1.29 is 9.47 Å². The molecule has 2 N–H and O–H groups in total. The molecule has 1 rings (SSSR count). The lowest BCUT2D eigenvalue weighted by molar-refractivity contribution is 0.393. The lowest BCUT2D eigenvalue weighted by atomic mass is 10.0. The normalized spacial score (nSPS) is 12.3. The number of methoxy groups -OCH3 is 2. The highest BCUT2D eigenvalue weighted by atomic mass is 16.5. The van der Waals surface area contributed by atoms with E-state index in [4.69, 9.17) is 15.2 Å². The molecule has 0 aliphatic rings. The number of benzene rings is 1. The number of hydrogen-bond acceptors (Lipinski definition) is 3. The van der Waals surface area contributed by atoms with Crippen LogP contribution in [-0.2, 0) is 6.42 Å². The zero-order chi connectivity index (χ0) is 11.4. The summed E-state index contributed by atoms with van der Waals surface area (Å²) in [6.45, 7) is 4.02. The van der Waals surface area contributed by atoms with Gasteiger partial charge in [0.2, 0.25) is 0 Å². The standard InChI is InChI=1S/C12H19NO2/c1-5-9-6-12(15-4)10(8(2)13)7-11(9)14-3/h6-8H,5,13H2,1-4H3. The van der Waals surface area contributed by atoms with Crippen molar-refractivity contribution in [3.05, 3.63) is 23.3 Å². The Hall–Kier alpha value is -1.22. The molecule has 3 nitrogen and oxygen atoms in total. The van der Waals surface area contributed by atoms with Gasteiger partial charge in [-0.2, -0.15) is 0 Å². The predicted molar refractivity (Wildman–Crippen MR) is 61.5 cm³/mol. The summed E-state index contributed by atoms with van der Waals surface area (Å²) in [4.78, 5) is 0. The van der Waals surface area contributed by atoms with Crippen LogP contribution in [0.2, 0.25) is 0 Å². The van der Waals surface area contributed by atoms with Gasteiger partial charge in [-0.05, 0) is 31.0 Å². The fraction of sp³-hybridized carbons (Fsp3) is 0.500. The number of nitrogens with two attached hydrogens (primary N) is 1. The Kier molecular flexibility index (Phi) is 3.97. The van der Waals surface area contributed by atoms with E-state index in [-0.39, 0.29) is 6.04 Å². The molecule has 0 aliphatic carbocycles. The van der Waals surface area contributed by atoms with E-state index in [9.17, 15) is 0 Å². The average Bonchev–Trinajstić information content (AvgIpc) is 2.26. The molecule has 0 fully saturated rings. The largest absolute Gasteiger partial charge is 0.496 e. The second-order valence-corrected chi connectivity index (χ2v) is 3.55. The van der Waals surface area contributed by atoms with Gasteiger partial charge in [0.25, 0.3) is 0 Å². The van der Waals surface area contributed by atoms with Gasteiger partial charge in [0.1, 0.15) is 11.5 Å². The minimum atomic E-state index is -0.0558. The van der Waals surface area contributed by atoms with E-state index in [1.54, 1.807) is 14.2 Å². The molecule has 3 heteroatoms. The smallest absolute Gasteiger partial charge is 0.124 e. The van der Waals surface area contributed by atoms with Crippen LogP contribution in [0.1, 0.15) is 31.0 Å². The molecular formula is C12H19NO2. The third-order valence-corrected chi connectivity index (χ3v) is 2.50. The average molecular weight is 209 g/mol. The fourth-order valence-electron chi connectivity index (χ4n) is 1.62. The Morgan fingerprint density at radius 3 is 2.20 bits per heavy atom. The SMILES string of the molecule is CCc1cc(OC)c(C(C)N)cc1OC. The van der Waals surface area contributed by atoms with Gasteiger partial charge in [-0.3, -0.25) is 0 Å². The van der Waals surface area contributed by atoms with Crippen molar-refractivity contribution >= 4 is 0 Å². The van der Waals surface area contributed by atoms with Gasteiger partial charge in [-0.15, -0.1) is 0 Å². The first kappa shape index (κ1) is 11.9. The molecule has 0 radical (unpaired) electrons. The topological polar surface area (TPSA) is 44.5 Å². The van der Waals surface area contributed by atoms with Crippen molar-refractivity contribution in [2.45, 2.75) is 26.3 Å². The summed E-state index contributed by atoms with van der Waals surface area (Å²) in [6, 6.07) is 3.90. The Balaban J connectivity index is 3.27. The number of rotatable bonds is 4. The van der Waals surface area contributed by atoms with Crippen molar-refractivity contribution in [2.24, 2.45) is 5.73 Å². The molecule has 0 amide bonds. The molecule has 1 atom stereocenters. The molecule has 0 bridgehead atoms. The molecule has 0 saturated heterocycles. The van der Waals surface area contributed by atoms with Crippen molar-refractivity contribution in [3.63, 3.8) is 0 Å². The fourth-order valence-corrected chi connectivity index (χ4v) is 1.62. The molecule has 1 aromatic rings. The van der Waals surface area contributed by atoms with Gasteiger partial charge >= 0.3 is 0 Å². The summed E-state index contributed by atoms with van der Waals surface area (Å²) >= 11 is 0. The Morgan fingerprint density at radius 2 is 1.80 bits per heavy atom. The molecule has 84 valence electrons. The monoisotopic (exact) mass is 209 g/mol.